The van der Waals surface area contributed by atoms with Crippen LogP contribution in [0.1, 0.15) is 124 Å². The average molecular weight is 796 g/mol. The number of aromatic nitrogens is 2. The van der Waals surface area contributed by atoms with Crippen molar-refractivity contribution < 1.29 is 9.90 Å². The number of fused-ring (bicyclic) bond motifs is 3. The quantitative estimate of drug-likeness (QED) is 0.0565. The Morgan fingerprint density at radius 1 is 0.559 bits per heavy atom. The van der Waals surface area contributed by atoms with Gasteiger partial charge in [0.15, 0.2) is 0 Å². The first-order valence-corrected chi connectivity index (χ1v) is 22.2. The monoisotopic (exact) mass is 795 g/mol. The second kappa shape index (κ2) is 20.6. The summed E-state index contributed by atoms with van der Waals surface area (Å²) in [5.74, 6) is 13.2. The van der Waals surface area contributed by atoms with Gasteiger partial charge in [0.25, 0.3) is 0 Å². The Bertz CT molecular complexity index is 2570. The molecule has 0 spiro atoms. The molecule has 0 amide bonds. The van der Waals surface area contributed by atoms with E-state index in [4.69, 9.17) is 0 Å². The van der Waals surface area contributed by atoms with Crippen LogP contribution < -0.4 is 4.90 Å². The Labute approximate surface area is 353 Å². The third-order valence-corrected chi connectivity index (χ3v) is 11.8. The van der Waals surface area contributed by atoms with Crippen LogP contribution in [0.2, 0.25) is 0 Å². The van der Waals surface area contributed by atoms with Gasteiger partial charge in [-0.2, -0.15) is 8.75 Å². The molecule has 1 aromatic heterocycles. The number of hydrogen-bond acceptors (Lipinski definition) is 5. The van der Waals surface area contributed by atoms with Crippen molar-refractivity contribution in [2.75, 3.05) is 18.0 Å². The van der Waals surface area contributed by atoms with Crippen LogP contribution in [-0.4, -0.2) is 32.9 Å². The minimum absolute atomic E-state index is 0.244. The highest BCUT2D eigenvalue weighted by Crippen LogP contribution is 2.34. The molecule has 0 fully saturated rings. The lowest BCUT2D eigenvalue weighted by atomic mass is 9.91. The second-order valence-corrected chi connectivity index (χ2v) is 15.9. The smallest absolute Gasteiger partial charge is 0.335 e. The van der Waals surface area contributed by atoms with Crippen molar-refractivity contribution in [3.63, 3.8) is 0 Å². The van der Waals surface area contributed by atoms with Gasteiger partial charge in [-0.05, 0) is 82.4 Å². The Morgan fingerprint density at radius 2 is 1.07 bits per heavy atom. The molecule has 7 aromatic rings. The van der Waals surface area contributed by atoms with E-state index in [-0.39, 0.29) is 5.56 Å². The summed E-state index contributed by atoms with van der Waals surface area (Å²) in [6.07, 6.45) is 15.7. The Balaban J connectivity index is 1.16. The van der Waals surface area contributed by atoms with Gasteiger partial charge in [0.2, 0.25) is 0 Å². The van der Waals surface area contributed by atoms with Crippen molar-refractivity contribution in [3.8, 4) is 34.8 Å². The predicted molar refractivity (Wildman–Crippen MR) is 249 cm³/mol. The maximum Gasteiger partial charge on any atom is 0.335 e. The molecule has 0 aliphatic heterocycles. The number of rotatable bonds is 17. The van der Waals surface area contributed by atoms with E-state index in [1.807, 2.05) is 24.3 Å². The number of carboxylic acids is 1. The molecular formula is C53H53N3O2S. The summed E-state index contributed by atoms with van der Waals surface area (Å²) < 4.78 is 9.25. The number of hydrogen-bond donors (Lipinski definition) is 1. The van der Waals surface area contributed by atoms with Crippen LogP contribution in [0.25, 0.3) is 43.7 Å². The fraction of sp³-hybridized carbons (Fsp3) is 0.302. The first kappa shape index (κ1) is 41.2. The second-order valence-electron chi connectivity index (χ2n) is 15.4. The van der Waals surface area contributed by atoms with Crippen LogP contribution >= 0.6 is 11.7 Å². The molecule has 6 aromatic carbocycles. The van der Waals surface area contributed by atoms with Crippen molar-refractivity contribution in [3.05, 3.63) is 137 Å². The molecule has 59 heavy (non-hydrogen) atoms. The Kier molecular flexibility index (Phi) is 14.4. The van der Waals surface area contributed by atoms with Gasteiger partial charge < -0.3 is 10.0 Å². The molecule has 0 unspecified atom stereocenters. The largest absolute Gasteiger partial charge is 0.478 e. The lowest BCUT2D eigenvalue weighted by molar-refractivity contribution is 0.0697. The summed E-state index contributed by atoms with van der Waals surface area (Å²) in [5, 5.41) is 13.6. The van der Waals surface area contributed by atoms with Crippen molar-refractivity contribution >= 4 is 56.0 Å². The summed E-state index contributed by atoms with van der Waals surface area (Å²) in [6.45, 7) is 6.79. The third kappa shape index (κ3) is 10.2. The van der Waals surface area contributed by atoms with Crippen LogP contribution in [0.15, 0.2) is 109 Å². The maximum atomic E-state index is 11.4. The van der Waals surface area contributed by atoms with Crippen molar-refractivity contribution in [2.24, 2.45) is 0 Å². The zero-order chi connectivity index (χ0) is 40.8. The molecule has 0 aliphatic carbocycles. The summed E-state index contributed by atoms with van der Waals surface area (Å²) in [7, 11) is 0. The van der Waals surface area contributed by atoms with Crippen LogP contribution in [0, 0.1) is 23.7 Å². The SMILES string of the molecule is CCCCCCCCN(CCCCCCCC)c1ccc(C#Cc2c3ccccc3c(C#Cc3ccc(-c4ccc(C(=O)O)cc4)c4nsnc34)c3ccccc23)cc1. The molecule has 6 heteroatoms. The summed E-state index contributed by atoms with van der Waals surface area (Å²) in [6, 6.07) is 36.6. The summed E-state index contributed by atoms with van der Waals surface area (Å²) >= 11 is 1.15. The number of aromatic carboxylic acids is 1. The lowest BCUT2D eigenvalue weighted by Gasteiger charge is -2.25. The van der Waals surface area contributed by atoms with E-state index in [9.17, 15) is 9.90 Å². The molecule has 0 radical (unpaired) electrons. The standard InChI is InChI=1S/C53H53N3O2S/c1-3-5-7-9-11-17-37-56(38-18-12-10-8-6-4-2)43-32-23-39(24-33-43)25-34-49-45-19-13-15-21-47(45)50(48-22-16-14-20-46(48)49)36-31-41-30-35-44(52-51(41)54-59-55-52)40-26-28-42(29-27-40)53(57)58/h13-16,19-24,26-30,32-33,35H,3-12,17-18,37-38H2,1-2H3,(H,57,58). The molecule has 7 rings (SSSR count). The molecule has 0 atom stereocenters. The molecular weight excluding hydrogens is 743 g/mol. The third-order valence-electron chi connectivity index (χ3n) is 11.2. The minimum atomic E-state index is -0.952. The molecule has 5 nitrogen and oxygen atoms in total. The van der Waals surface area contributed by atoms with Gasteiger partial charge in [0, 0.05) is 41.0 Å². The van der Waals surface area contributed by atoms with Gasteiger partial charge in [-0.15, -0.1) is 0 Å². The molecule has 0 bridgehead atoms. The summed E-state index contributed by atoms with van der Waals surface area (Å²) in [5.41, 5.74) is 8.55. The Hall–Kier alpha value is -5.95. The topological polar surface area (TPSA) is 66.3 Å². The number of anilines is 1. The molecule has 1 heterocycles. The zero-order valence-electron chi connectivity index (χ0n) is 34.4. The minimum Gasteiger partial charge on any atom is -0.478 e. The normalized spacial score (nSPS) is 11.0. The first-order chi connectivity index (χ1) is 29.1. The highest BCUT2D eigenvalue weighted by molar-refractivity contribution is 7.00. The number of carbonyl (C=O) groups is 1. The van der Waals surface area contributed by atoms with Gasteiger partial charge in [-0.3, -0.25) is 0 Å². The highest BCUT2D eigenvalue weighted by atomic mass is 32.1. The van der Waals surface area contributed by atoms with Gasteiger partial charge in [-0.1, -0.05) is 168 Å². The van der Waals surface area contributed by atoms with Crippen molar-refractivity contribution in [1.82, 2.24) is 8.75 Å². The van der Waals surface area contributed by atoms with Gasteiger partial charge in [0.05, 0.1) is 22.9 Å². The van der Waals surface area contributed by atoms with E-state index >= 15 is 0 Å². The van der Waals surface area contributed by atoms with Crippen LogP contribution in [0.5, 0.6) is 0 Å². The maximum absolute atomic E-state index is 11.4. The van der Waals surface area contributed by atoms with Gasteiger partial charge >= 0.3 is 5.97 Å². The average Bonchev–Trinajstić information content (AvgIpc) is 3.77. The fourth-order valence-corrected chi connectivity index (χ4v) is 8.52. The van der Waals surface area contributed by atoms with E-state index in [1.54, 1.807) is 12.1 Å². The van der Waals surface area contributed by atoms with Crippen molar-refractivity contribution in [1.29, 1.82) is 0 Å². The molecule has 0 aliphatic rings. The highest BCUT2D eigenvalue weighted by Gasteiger charge is 2.15. The van der Waals surface area contributed by atoms with E-state index in [2.05, 4.69) is 124 Å². The van der Waals surface area contributed by atoms with E-state index in [0.29, 0.717) is 0 Å². The van der Waals surface area contributed by atoms with Crippen LogP contribution in [0.4, 0.5) is 5.69 Å². The Morgan fingerprint density at radius 3 is 1.61 bits per heavy atom. The number of nitrogens with zero attached hydrogens (tertiary/aromatic N) is 3. The zero-order valence-corrected chi connectivity index (χ0v) is 35.2. The molecule has 0 saturated heterocycles. The van der Waals surface area contributed by atoms with E-state index in [0.717, 1.165) is 90.8 Å². The lowest BCUT2D eigenvalue weighted by Crippen LogP contribution is -2.25. The summed E-state index contributed by atoms with van der Waals surface area (Å²) in [4.78, 5) is 14.0. The fourth-order valence-electron chi connectivity index (χ4n) is 7.95. The van der Waals surface area contributed by atoms with Crippen molar-refractivity contribution in [2.45, 2.75) is 90.9 Å². The van der Waals surface area contributed by atoms with Crippen LogP contribution in [-0.2, 0) is 0 Å². The van der Waals surface area contributed by atoms with Crippen LogP contribution in [0.3, 0.4) is 0 Å². The number of unbranched alkanes of at least 4 members (excludes halogenated alkanes) is 10. The first-order valence-electron chi connectivity index (χ1n) is 21.5. The number of benzene rings is 6. The molecule has 1 N–H and O–H groups in total. The molecule has 298 valence electrons. The van der Waals surface area contributed by atoms with Gasteiger partial charge in [0.1, 0.15) is 11.0 Å². The van der Waals surface area contributed by atoms with E-state index in [1.165, 1.54) is 82.7 Å². The van der Waals surface area contributed by atoms with E-state index < -0.39 is 5.97 Å². The number of carboxylic acid groups (broad SMARTS) is 1. The molecule has 0 saturated carbocycles. The predicted octanol–water partition coefficient (Wildman–Crippen LogP) is 13.7. The van der Waals surface area contributed by atoms with Gasteiger partial charge in [-0.25, -0.2) is 4.79 Å².